The number of likely N-dealkylation sites (N-methyl/N-ethyl adjacent to an activating group) is 1. The van der Waals surface area contributed by atoms with Crippen molar-refractivity contribution in [1.29, 1.82) is 0 Å². The Morgan fingerprint density at radius 1 is 0.805 bits per heavy atom. The van der Waals surface area contributed by atoms with Gasteiger partial charge in [-0.1, -0.05) is 102 Å². The van der Waals surface area contributed by atoms with E-state index in [0.29, 0.717) is 17.4 Å². The molecule has 0 fully saturated rings. The van der Waals surface area contributed by atoms with E-state index in [4.69, 9.17) is 9.05 Å². The van der Waals surface area contributed by atoms with Gasteiger partial charge in [-0.15, -0.1) is 0 Å². The summed E-state index contributed by atoms with van der Waals surface area (Å²) in [6.45, 7) is 4.67. The fourth-order valence-electron chi connectivity index (χ4n) is 4.22. The minimum atomic E-state index is -4.32. The van der Waals surface area contributed by atoms with Crippen LogP contribution in [0.2, 0.25) is 0 Å². The monoisotopic (exact) mass is 603 g/mol. The summed E-state index contributed by atoms with van der Waals surface area (Å²) in [4.78, 5) is 22.8. The smallest absolute Gasteiger partial charge is 0.387 e. The molecular formula is C32H64N2O6P+. The summed E-state index contributed by atoms with van der Waals surface area (Å²) in [7, 11) is 1.56. The molecule has 0 aliphatic heterocycles. The van der Waals surface area contributed by atoms with E-state index >= 15 is 0 Å². The van der Waals surface area contributed by atoms with E-state index in [0.717, 1.165) is 57.8 Å². The summed E-state index contributed by atoms with van der Waals surface area (Å²) in [6, 6.07) is -0.842. The van der Waals surface area contributed by atoms with Crippen molar-refractivity contribution in [2.45, 2.75) is 135 Å². The van der Waals surface area contributed by atoms with Crippen LogP contribution < -0.4 is 5.32 Å². The fourth-order valence-corrected chi connectivity index (χ4v) is 4.95. The first-order chi connectivity index (χ1) is 19.5. The van der Waals surface area contributed by atoms with Gasteiger partial charge in [0.1, 0.15) is 13.2 Å². The number of nitrogens with one attached hydrogen (secondary N) is 1. The summed E-state index contributed by atoms with van der Waals surface area (Å²) in [6.07, 6.45) is 25.3. The van der Waals surface area contributed by atoms with Crippen molar-refractivity contribution in [1.82, 2.24) is 5.32 Å². The second kappa shape index (κ2) is 25.5. The molecular weight excluding hydrogens is 539 g/mol. The molecule has 0 aliphatic carbocycles. The fraction of sp³-hybridized carbons (Fsp3) is 0.844. The largest absolute Gasteiger partial charge is 0.472 e. The van der Waals surface area contributed by atoms with E-state index in [-0.39, 0.29) is 19.1 Å². The standard InChI is InChI=1S/C32H63N2O6P/c1-6-8-10-12-14-16-18-20-22-24-26-32(36)33-30(29-40-41(37,38)39-28-27-34(3,4)5)31(35)25-23-21-19-17-15-13-11-9-7-2/h10,12,23,25,30-31,35H,6-9,11,13-22,24,26-29H2,1-5H3,(H-,33,36,37,38)/p+1/b12-10-,25-23+. The number of phosphoric ester groups is 1. The maximum Gasteiger partial charge on any atom is 0.472 e. The lowest BCUT2D eigenvalue weighted by Gasteiger charge is -2.25. The van der Waals surface area contributed by atoms with Crippen molar-refractivity contribution in [3.8, 4) is 0 Å². The molecule has 242 valence electrons. The van der Waals surface area contributed by atoms with Gasteiger partial charge < -0.3 is 19.8 Å². The number of amides is 1. The van der Waals surface area contributed by atoms with Gasteiger partial charge in [0.15, 0.2) is 0 Å². The van der Waals surface area contributed by atoms with Crippen molar-refractivity contribution < 1.29 is 32.9 Å². The van der Waals surface area contributed by atoms with E-state index in [1.54, 1.807) is 6.08 Å². The first-order valence-corrected chi connectivity index (χ1v) is 17.7. The molecule has 0 aromatic rings. The van der Waals surface area contributed by atoms with Gasteiger partial charge in [-0.3, -0.25) is 13.8 Å². The second-order valence-corrected chi connectivity index (χ2v) is 13.6. The molecule has 1 amide bonds. The van der Waals surface area contributed by atoms with E-state index in [2.05, 4.69) is 31.3 Å². The molecule has 9 heteroatoms. The van der Waals surface area contributed by atoms with Crippen molar-refractivity contribution in [3.05, 3.63) is 24.3 Å². The molecule has 0 aliphatic rings. The van der Waals surface area contributed by atoms with Crippen LogP contribution in [0, 0.1) is 0 Å². The number of rotatable bonds is 28. The zero-order valence-electron chi connectivity index (χ0n) is 27.0. The molecule has 0 rings (SSSR count). The third kappa shape index (κ3) is 27.6. The van der Waals surface area contributed by atoms with Gasteiger partial charge in [0.05, 0.1) is 39.9 Å². The van der Waals surface area contributed by atoms with E-state index in [1.807, 2.05) is 27.2 Å². The molecule has 3 N–H and O–H groups in total. The highest BCUT2D eigenvalue weighted by atomic mass is 31.2. The minimum Gasteiger partial charge on any atom is -0.387 e. The van der Waals surface area contributed by atoms with Crippen LogP contribution in [0.1, 0.15) is 123 Å². The SMILES string of the molecule is CCC/C=C\CCCCCCCC(=O)NC(COP(=O)(O)OCC[N+](C)(C)C)C(O)/C=C/CCCCCCCCC. The molecule has 0 radical (unpaired) electrons. The molecule has 3 unspecified atom stereocenters. The van der Waals surface area contributed by atoms with E-state index in [1.165, 1.54) is 44.9 Å². The van der Waals surface area contributed by atoms with Crippen LogP contribution in [0.25, 0.3) is 0 Å². The maximum atomic E-state index is 12.6. The molecule has 0 heterocycles. The number of hydrogen-bond acceptors (Lipinski definition) is 5. The molecule has 8 nitrogen and oxygen atoms in total. The second-order valence-electron chi connectivity index (χ2n) is 12.2. The number of nitrogens with zero attached hydrogens (tertiary/aromatic N) is 1. The number of carbonyl (C=O) groups excluding carboxylic acids is 1. The van der Waals surface area contributed by atoms with Crippen LogP contribution in [0.15, 0.2) is 24.3 Å². The maximum absolute atomic E-state index is 12.6. The van der Waals surface area contributed by atoms with E-state index in [9.17, 15) is 19.4 Å². The van der Waals surface area contributed by atoms with Crippen LogP contribution in [0.4, 0.5) is 0 Å². The summed E-state index contributed by atoms with van der Waals surface area (Å²) in [5, 5.41) is 13.6. The highest BCUT2D eigenvalue weighted by Crippen LogP contribution is 2.43. The predicted molar refractivity (Wildman–Crippen MR) is 171 cm³/mol. The number of hydrogen-bond donors (Lipinski definition) is 3. The highest BCUT2D eigenvalue weighted by molar-refractivity contribution is 7.47. The number of aliphatic hydroxyl groups is 1. The summed E-state index contributed by atoms with van der Waals surface area (Å²) >= 11 is 0. The average molecular weight is 604 g/mol. The topological polar surface area (TPSA) is 105 Å². The van der Waals surface area contributed by atoms with Crippen molar-refractivity contribution in [3.63, 3.8) is 0 Å². The van der Waals surface area contributed by atoms with Crippen LogP contribution in [0.5, 0.6) is 0 Å². The van der Waals surface area contributed by atoms with Crippen LogP contribution >= 0.6 is 7.82 Å². The predicted octanol–water partition coefficient (Wildman–Crippen LogP) is 7.46. The Kier molecular flexibility index (Phi) is 24.8. The van der Waals surface area contributed by atoms with Crippen molar-refractivity contribution >= 4 is 13.7 Å². The summed E-state index contributed by atoms with van der Waals surface area (Å²) in [5.41, 5.74) is 0. The molecule has 0 saturated heterocycles. The Hall–Kier alpha value is -1.02. The number of phosphoric acid groups is 1. The number of unbranched alkanes of at least 4 members (excludes halogenated alkanes) is 13. The molecule has 0 aromatic heterocycles. The Morgan fingerprint density at radius 2 is 1.37 bits per heavy atom. The van der Waals surface area contributed by atoms with Crippen molar-refractivity contribution in [2.75, 3.05) is 40.9 Å². The number of aliphatic hydroxyl groups excluding tert-OH is 1. The zero-order chi connectivity index (χ0) is 30.8. The lowest BCUT2D eigenvalue weighted by Crippen LogP contribution is -2.45. The first-order valence-electron chi connectivity index (χ1n) is 16.2. The lowest BCUT2D eigenvalue weighted by molar-refractivity contribution is -0.870. The van der Waals surface area contributed by atoms with Crippen molar-refractivity contribution in [2.24, 2.45) is 0 Å². The van der Waals surface area contributed by atoms with Crippen LogP contribution in [0.3, 0.4) is 0 Å². The van der Waals surface area contributed by atoms with Gasteiger partial charge in [-0.2, -0.15) is 0 Å². The molecule has 41 heavy (non-hydrogen) atoms. The first kappa shape index (κ1) is 40.0. The van der Waals surface area contributed by atoms with Gasteiger partial charge in [-0.05, 0) is 38.5 Å². The molecule has 3 atom stereocenters. The summed E-state index contributed by atoms with van der Waals surface area (Å²) < 4.78 is 23.3. The molecule has 0 aromatic carbocycles. The lowest BCUT2D eigenvalue weighted by atomic mass is 10.1. The number of quaternary nitrogens is 1. The Labute approximate surface area is 252 Å². The van der Waals surface area contributed by atoms with Gasteiger partial charge in [0, 0.05) is 6.42 Å². The zero-order valence-corrected chi connectivity index (χ0v) is 27.9. The minimum absolute atomic E-state index is 0.0598. The van der Waals surface area contributed by atoms with Gasteiger partial charge >= 0.3 is 7.82 Å². The Morgan fingerprint density at radius 3 is 1.98 bits per heavy atom. The quantitative estimate of drug-likeness (QED) is 0.0371. The van der Waals surface area contributed by atoms with Gasteiger partial charge in [0.25, 0.3) is 0 Å². The normalized spacial score (nSPS) is 15.4. The molecule has 0 spiro atoms. The summed E-state index contributed by atoms with van der Waals surface area (Å²) in [5.74, 6) is -0.195. The molecule has 0 bridgehead atoms. The van der Waals surface area contributed by atoms with Gasteiger partial charge in [-0.25, -0.2) is 4.57 Å². The Balaban J connectivity index is 4.67. The third-order valence-corrected chi connectivity index (χ3v) is 7.88. The average Bonchev–Trinajstić information content (AvgIpc) is 2.90. The molecule has 0 saturated carbocycles. The van der Waals surface area contributed by atoms with Crippen LogP contribution in [-0.4, -0.2) is 73.4 Å². The highest BCUT2D eigenvalue weighted by Gasteiger charge is 2.27. The van der Waals surface area contributed by atoms with E-state index < -0.39 is 20.0 Å². The third-order valence-electron chi connectivity index (χ3n) is 6.90. The van der Waals surface area contributed by atoms with Crippen LogP contribution in [-0.2, 0) is 18.4 Å². The Bertz CT molecular complexity index is 738. The number of allylic oxidation sites excluding steroid dienone is 3. The number of carbonyl (C=O) groups is 1. The van der Waals surface area contributed by atoms with Gasteiger partial charge in [0.2, 0.25) is 5.91 Å².